The molecule has 3 saturated carbocycles. The molecular formula is C46H66I2N2PRu. The molecule has 1 heterocycles. The second kappa shape index (κ2) is 16.2. The monoisotopic (exact) mass is 1030 g/mol. The van der Waals surface area contributed by atoms with Crippen molar-refractivity contribution in [2.45, 2.75) is 155 Å². The molecule has 0 bridgehead atoms. The van der Waals surface area contributed by atoms with E-state index in [0.717, 1.165) is 30.1 Å². The van der Waals surface area contributed by atoms with Crippen molar-refractivity contribution in [2.75, 3.05) is 22.9 Å². The SMILES string of the molecule is Cc1cc(C)c(N2CCN(c3c(C)cc(C)cc3C)[C]2=[Ru]([I])([I])(=[CH]c2ccccc2)[PH](C2CCCCC2)(C2CCCCC2)C2CCCCC2)c(C)c1. The van der Waals surface area contributed by atoms with E-state index in [9.17, 15) is 0 Å². The van der Waals surface area contributed by atoms with E-state index in [1.54, 1.807) is 4.35 Å². The zero-order valence-corrected chi connectivity index (χ0v) is 40.1. The van der Waals surface area contributed by atoms with Gasteiger partial charge in [0.2, 0.25) is 0 Å². The number of rotatable bonds is 7. The molecule has 0 spiro atoms. The molecule has 4 fully saturated rings. The summed E-state index contributed by atoms with van der Waals surface area (Å²) in [6.07, 6.45) is 22.0. The Kier molecular flexibility index (Phi) is 12.4. The summed E-state index contributed by atoms with van der Waals surface area (Å²) in [5, 5.41) is -3.90. The molecule has 1 saturated heterocycles. The third-order valence-corrected chi connectivity index (χ3v) is 70.1. The number of nitrogens with zero attached hydrogens (tertiary/aromatic N) is 2. The second-order valence-electron chi connectivity index (χ2n) is 17.1. The van der Waals surface area contributed by atoms with Crippen LogP contribution in [0, 0.1) is 41.5 Å². The van der Waals surface area contributed by atoms with Crippen LogP contribution in [0.5, 0.6) is 0 Å². The van der Waals surface area contributed by atoms with Crippen molar-refractivity contribution in [2.24, 2.45) is 0 Å². The molecule has 3 aromatic rings. The molecular weight excluding hydrogens is 966 g/mol. The predicted octanol–water partition coefficient (Wildman–Crippen LogP) is 13.9. The molecule has 0 N–H and O–H groups in total. The molecule has 0 atom stereocenters. The summed E-state index contributed by atoms with van der Waals surface area (Å²) < 4.78 is 4.88. The van der Waals surface area contributed by atoms with Crippen LogP contribution in [0.2, 0.25) is 0 Å². The van der Waals surface area contributed by atoms with Crippen molar-refractivity contribution in [1.29, 1.82) is 0 Å². The van der Waals surface area contributed by atoms with Crippen LogP contribution in [-0.2, 0) is 5.19 Å². The number of hydrogen-bond donors (Lipinski definition) is 0. The molecule has 4 aliphatic rings. The number of hydrogen-bond acceptors (Lipinski definition) is 2. The Morgan fingerprint density at radius 2 is 0.885 bits per heavy atom. The molecule has 3 aromatic carbocycles. The Morgan fingerprint density at radius 3 is 1.23 bits per heavy atom. The fourth-order valence-corrected chi connectivity index (χ4v) is 86.2. The Hall–Kier alpha value is -0.487. The van der Waals surface area contributed by atoms with E-state index in [1.165, 1.54) is 147 Å². The van der Waals surface area contributed by atoms with Gasteiger partial charge in [0.05, 0.1) is 0 Å². The van der Waals surface area contributed by atoms with E-state index in [2.05, 4.69) is 150 Å². The number of anilines is 2. The molecule has 52 heavy (non-hydrogen) atoms. The van der Waals surface area contributed by atoms with Crippen molar-refractivity contribution >= 4 is 65.4 Å². The molecule has 0 aromatic heterocycles. The number of halogens is 2. The standard InChI is InChI=1S/C21H26N2.C18H33P.C7H6.2HI.Ru/c1-14-9-16(3)20(17(4)10-14)22-7-8-23(13-22)21-18(5)11-15(2)12-19(21)6;1-4-10-16(11-5-1)19(17-12-6-2-7-13-17)18-14-8-3-9-15-18;1-7-5-3-2-4-6-7;;;/h9-12H,7-8H2,1-6H3;16-18H,1-15H2;1-6H;2*1H;/q;;;;;+1/p-1. The van der Waals surface area contributed by atoms with Crippen LogP contribution in [-0.4, -0.2) is 39.0 Å². The minimum atomic E-state index is -3.90. The molecule has 0 unspecified atom stereocenters. The molecule has 1 aliphatic heterocycles. The van der Waals surface area contributed by atoms with E-state index in [-0.39, 0.29) is 0 Å². The van der Waals surface area contributed by atoms with E-state index >= 15 is 0 Å². The topological polar surface area (TPSA) is 6.48 Å². The fraction of sp³-hybridized carbons (Fsp3) is 0.565. The van der Waals surface area contributed by atoms with Gasteiger partial charge in [0.1, 0.15) is 0 Å². The van der Waals surface area contributed by atoms with E-state index in [4.69, 9.17) is 0 Å². The first-order valence-electron chi connectivity index (χ1n) is 20.7. The first kappa shape index (κ1) is 39.7. The van der Waals surface area contributed by atoms with E-state index in [0.29, 0.717) is 0 Å². The Bertz CT molecular complexity index is 1760. The second-order valence-corrected chi connectivity index (χ2v) is 71.0. The first-order chi connectivity index (χ1) is 24.9. The van der Waals surface area contributed by atoms with Gasteiger partial charge in [-0.2, -0.15) is 0 Å². The van der Waals surface area contributed by atoms with Gasteiger partial charge in [0.25, 0.3) is 0 Å². The molecule has 0 amide bonds. The normalized spacial score (nSPS) is 21.3. The van der Waals surface area contributed by atoms with Crippen LogP contribution in [0.25, 0.3) is 0 Å². The summed E-state index contributed by atoms with van der Waals surface area (Å²) in [7, 11) is 0. The van der Waals surface area contributed by atoms with Gasteiger partial charge < -0.3 is 0 Å². The first-order valence-corrected chi connectivity index (χ1v) is 37.6. The van der Waals surface area contributed by atoms with Gasteiger partial charge in [0, 0.05) is 0 Å². The van der Waals surface area contributed by atoms with Crippen LogP contribution < -0.4 is 9.80 Å². The van der Waals surface area contributed by atoms with Crippen molar-refractivity contribution in [3.05, 3.63) is 93.5 Å². The minimum absolute atomic E-state index is 0.920. The zero-order valence-electron chi connectivity index (χ0n) is 33.0. The van der Waals surface area contributed by atoms with E-state index in [1.807, 2.05) is 0 Å². The van der Waals surface area contributed by atoms with Gasteiger partial charge in [-0.1, -0.05) is 0 Å². The van der Waals surface area contributed by atoms with Crippen LogP contribution in [0.4, 0.5) is 11.4 Å². The Morgan fingerprint density at radius 1 is 0.538 bits per heavy atom. The zero-order chi connectivity index (χ0) is 36.7. The van der Waals surface area contributed by atoms with Crippen LogP contribution in [0.15, 0.2) is 54.6 Å². The summed E-state index contributed by atoms with van der Waals surface area (Å²) in [6.45, 7) is 16.4. The van der Waals surface area contributed by atoms with Crippen LogP contribution in [0.3, 0.4) is 0 Å². The van der Waals surface area contributed by atoms with Gasteiger partial charge in [-0.15, -0.1) is 0 Å². The number of benzene rings is 3. The molecule has 0 radical (unpaired) electrons. The third kappa shape index (κ3) is 7.06. The Labute approximate surface area is 338 Å². The fourth-order valence-electron chi connectivity index (χ4n) is 11.9. The maximum atomic E-state index is 3.43. The number of aryl methyl sites for hydroxylation is 6. The maximum absolute atomic E-state index is 3.90. The van der Waals surface area contributed by atoms with Crippen LogP contribution >= 0.6 is 45.1 Å². The van der Waals surface area contributed by atoms with Crippen LogP contribution in [0.1, 0.15) is 135 Å². The quantitative estimate of drug-likeness (QED) is 0.132. The molecule has 6 heteroatoms. The van der Waals surface area contributed by atoms with Crippen molar-refractivity contribution in [1.82, 2.24) is 0 Å². The summed E-state index contributed by atoms with van der Waals surface area (Å²) in [5.74, 6) is 0. The average Bonchev–Trinajstić information content (AvgIpc) is 3.55. The van der Waals surface area contributed by atoms with Crippen molar-refractivity contribution in [3.63, 3.8) is 0 Å². The van der Waals surface area contributed by atoms with Crippen molar-refractivity contribution in [3.8, 4) is 0 Å². The van der Waals surface area contributed by atoms with Gasteiger partial charge in [0.15, 0.2) is 0 Å². The van der Waals surface area contributed by atoms with E-state index < -0.39 is 10.8 Å². The third-order valence-electron chi connectivity index (χ3n) is 13.4. The van der Waals surface area contributed by atoms with Gasteiger partial charge in [-0.25, -0.2) is 0 Å². The summed E-state index contributed by atoms with van der Waals surface area (Å²) in [6, 6.07) is 21.7. The van der Waals surface area contributed by atoms with Crippen molar-refractivity contribution < 1.29 is 5.19 Å². The summed E-state index contributed by atoms with van der Waals surface area (Å²) in [5.41, 5.74) is 13.7. The summed E-state index contributed by atoms with van der Waals surface area (Å²) in [4.78, 5) is 5.98. The van der Waals surface area contributed by atoms with Gasteiger partial charge >= 0.3 is 342 Å². The molecule has 287 valence electrons. The average molecular weight is 1030 g/mol. The molecule has 2 nitrogen and oxygen atoms in total. The van der Waals surface area contributed by atoms with Gasteiger partial charge in [-0.05, 0) is 0 Å². The predicted molar refractivity (Wildman–Crippen MR) is 250 cm³/mol. The summed E-state index contributed by atoms with van der Waals surface area (Å²) >= 11 is 6.86. The molecule has 7 rings (SSSR count). The van der Waals surface area contributed by atoms with Gasteiger partial charge in [-0.3, -0.25) is 0 Å². The molecule has 3 aliphatic carbocycles. The Balaban J connectivity index is 1.73.